The van der Waals surface area contributed by atoms with Crippen LogP contribution >= 0.6 is 22.9 Å². The number of methoxy groups -OCH3 is 1. The molecule has 3 heterocycles. The second kappa shape index (κ2) is 7.30. The maximum absolute atomic E-state index is 12.0. The summed E-state index contributed by atoms with van der Waals surface area (Å²) in [5, 5.41) is 6.36. The Hall–Kier alpha value is -3.03. The van der Waals surface area contributed by atoms with Crippen molar-refractivity contribution in [3.05, 3.63) is 64.1 Å². The molecule has 0 bridgehead atoms. The van der Waals surface area contributed by atoms with Gasteiger partial charge in [-0.05, 0) is 41.8 Å². The van der Waals surface area contributed by atoms with Crippen LogP contribution < -0.4 is 5.32 Å². The molecule has 4 rings (SSSR count). The molecule has 4 aromatic rings. The minimum absolute atomic E-state index is 0.406. The normalized spacial score (nSPS) is 10.7. The lowest BCUT2D eigenvalue weighted by Crippen LogP contribution is -2.04. The first kappa shape index (κ1) is 17.4. The largest absolute Gasteiger partial charge is 0.465 e. The van der Waals surface area contributed by atoms with Gasteiger partial charge < -0.3 is 10.1 Å². The standard InChI is InChI=1S/C19H13ClN4O2S/c1-26-19(25)16-15(6-8-27-16)23-18-13-9-12(20)4-5-14(13)22-17(24-18)11-3-2-7-21-10-11/h2-10H,1H3,(H,22,23,24). The van der Waals surface area contributed by atoms with E-state index in [0.29, 0.717) is 27.2 Å². The Morgan fingerprint density at radius 3 is 2.89 bits per heavy atom. The Labute approximate surface area is 163 Å². The number of rotatable bonds is 4. The van der Waals surface area contributed by atoms with Gasteiger partial charge in [-0.2, -0.15) is 0 Å². The molecule has 1 N–H and O–H groups in total. The highest BCUT2D eigenvalue weighted by atomic mass is 35.5. The summed E-state index contributed by atoms with van der Waals surface area (Å²) in [5.74, 6) is 0.663. The number of aromatic nitrogens is 3. The minimum atomic E-state index is -0.406. The van der Waals surface area contributed by atoms with Gasteiger partial charge in [0.2, 0.25) is 0 Å². The molecule has 8 heteroatoms. The third kappa shape index (κ3) is 3.47. The zero-order valence-electron chi connectivity index (χ0n) is 14.1. The van der Waals surface area contributed by atoms with Crippen LogP contribution in [0.5, 0.6) is 0 Å². The van der Waals surface area contributed by atoms with Crippen molar-refractivity contribution >= 4 is 51.3 Å². The summed E-state index contributed by atoms with van der Waals surface area (Å²) in [4.78, 5) is 25.8. The maximum atomic E-state index is 12.0. The molecule has 27 heavy (non-hydrogen) atoms. The Balaban J connectivity index is 1.87. The topological polar surface area (TPSA) is 77.0 Å². The second-order valence-corrected chi connectivity index (χ2v) is 6.93. The summed E-state index contributed by atoms with van der Waals surface area (Å²) in [6.07, 6.45) is 3.39. The van der Waals surface area contributed by atoms with E-state index in [1.165, 1.54) is 18.4 Å². The average molecular weight is 397 g/mol. The molecule has 6 nitrogen and oxygen atoms in total. The fraction of sp³-hybridized carbons (Fsp3) is 0.0526. The lowest BCUT2D eigenvalue weighted by Gasteiger charge is -2.11. The number of anilines is 2. The Morgan fingerprint density at radius 2 is 2.11 bits per heavy atom. The lowest BCUT2D eigenvalue weighted by molar-refractivity contribution is 0.0607. The van der Waals surface area contributed by atoms with Crippen molar-refractivity contribution in [3.8, 4) is 11.4 Å². The highest BCUT2D eigenvalue weighted by molar-refractivity contribution is 7.12. The van der Waals surface area contributed by atoms with E-state index in [4.69, 9.17) is 16.3 Å². The van der Waals surface area contributed by atoms with Crippen LogP contribution in [0.1, 0.15) is 9.67 Å². The molecule has 0 saturated carbocycles. The number of hydrogen-bond donors (Lipinski definition) is 1. The first-order valence-corrected chi connectivity index (χ1v) is 9.22. The number of thiophene rings is 1. The summed E-state index contributed by atoms with van der Waals surface area (Å²) >= 11 is 7.46. The zero-order chi connectivity index (χ0) is 18.8. The molecule has 0 amide bonds. The number of nitrogens with one attached hydrogen (secondary N) is 1. The van der Waals surface area contributed by atoms with Crippen LogP contribution in [0.25, 0.3) is 22.3 Å². The Morgan fingerprint density at radius 1 is 1.22 bits per heavy atom. The Kier molecular flexibility index (Phi) is 4.70. The molecule has 0 aliphatic carbocycles. The molecule has 0 atom stereocenters. The van der Waals surface area contributed by atoms with Crippen molar-refractivity contribution in [1.29, 1.82) is 0 Å². The monoisotopic (exact) mass is 396 g/mol. The number of benzene rings is 1. The summed E-state index contributed by atoms with van der Waals surface area (Å²) < 4.78 is 4.84. The van der Waals surface area contributed by atoms with Gasteiger partial charge >= 0.3 is 5.97 Å². The van der Waals surface area contributed by atoms with E-state index in [0.717, 1.165) is 16.5 Å². The van der Waals surface area contributed by atoms with Crippen LogP contribution in [0.2, 0.25) is 5.02 Å². The van der Waals surface area contributed by atoms with E-state index < -0.39 is 5.97 Å². The van der Waals surface area contributed by atoms with Crippen LogP contribution in [-0.4, -0.2) is 28.0 Å². The van der Waals surface area contributed by atoms with E-state index in [1.54, 1.807) is 30.6 Å². The van der Waals surface area contributed by atoms with Gasteiger partial charge in [0.15, 0.2) is 5.82 Å². The summed E-state index contributed by atoms with van der Waals surface area (Å²) in [6, 6.07) is 10.9. The number of carbonyl (C=O) groups excluding carboxylic acids is 1. The van der Waals surface area contributed by atoms with Gasteiger partial charge in [0.25, 0.3) is 0 Å². The SMILES string of the molecule is COC(=O)c1sccc1Nc1nc(-c2cccnc2)nc2ccc(Cl)cc12. The van der Waals surface area contributed by atoms with Crippen molar-refractivity contribution in [3.63, 3.8) is 0 Å². The van der Waals surface area contributed by atoms with Gasteiger partial charge in [0, 0.05) is 28.4 Å². The third-order valence-corrected chi connectivity index (χ3v) is 5.00. The second-order valence-electron chi connectivity index (χ2n) is 5.58. The predicted octanol–water partition coefficient (Wildman–Crippen LogP) is 4.94. The minimum Gasteiger partial charge on any atom is -0.465 e. The Bertz CT molecular complexity index is 1130. The number of carbonyl (C=O) groups is 1. The quantitative estimate of drug-likeness (QED) is 0.492. The molecule has 0 aliphatic heterocycles. The van der Waals surface area contributed by atoms with Gasteiger partial charge in [-0.3, -0.25) is 4.98 Å². The zero-order valence-corrected chi connectivity index (χ0v) is 15.7. The molecular formula is C19H13ClN4O2S. The number of hydrogen-bond acceptors (Lipinski definition) is 7. The van der Waals surface area contributed by atoms with Crippen molar-refractivity contribution < 1.29 is 9.53 Å². The number of ether oxygens (including phenoxy) is 1. The van der Waals surface area contributed by atoms with Gasteiger partial charge in [-0.25, -0.2) is 14.8 Å². The maximum Gasteiger partial charge on any atom is 0.350 e. The van der Waals surface area contributed by atoms with Crippen molar-refractivity contribution in [2.24, 2.45) is 0 Å². The fourth-order valence-corrected chi connectivity index (χ4v) is 3.54. The van der Waals surface area contributed by atoms with E-state index in [9.17, 15) is 4.79 Å². The first-order chi connectivity index (χ1) is 13.2. The van der Waals surface area contributed by atoms with Gasteiger partial charge in [0.05, 0.1) is 18.3 Å². The fourth-order valence-electron chi connectivity index (χ4n) is 2.61. The molecule has 134 valence electrons. The van der Waals surface area contributed by atoms with Crippen LogP contribution in [-0.2, 0) is 4.74 Å². The van der Waals surface area contributed by atoms with Gasteiger partial charge in [0.1, 0.15) is 10.7 Å². The predicted molar refractivity (Wildman–Crippen MR) is 107 cm³/mol. The molecular weight excluding hydrogens is 384 g/mol. The van der Waals surface area contributed by atoms with Crippen LogP contribution in [0.15, 0.2) is 54.2 Å². The molecule has 0 fully saturated rings. The number of esters is 1. The van der Waals surface area contributed by atoms with Crippen LogP contribution in [0.3, 0.4) is 0 Å². The number of pyridine rings is 1. The summed E-state index contributed by atoms with van der Waals surface area (Å²) in [5.41, 5.74) is 2.13. The highest BCUT2D eigenvalue weighted by Gasteiger charge is 2.16. The number of fused-ring (bicyclic) bond motifs is 1. The van der Waals surface area contributed by atoms with Crippen molar-refractivity contribution in [2.45, 2.75) is 0 Å². The molecule has 0 radical (unpaired) electrons. The van der Waals surface area contributed by atoms with Gasteiger partial charge in [-0.15, -0.1) is 11.3 Å². The summed E-state index contributed by atoms with van der Waals surface area (Å²) in [7, 11) is 1.35. The average Bonchev–Trinajstić information content (AvgIpc) is 3.16. The number of halogens is 1. The summed E-state index contributed by atoms with van der Waals surface area (Å²) in [6.45, 7) is 0. The van der Waals surface area contributed by atoms with E-state index in [-0.39, 0.29) is 0 Å². The molecule has 0 spiro atoms. The molecule has 3 aromatic heterocycles. The first-order valence-electron chi connectivity index (χ1n) is 7.96. The highest BCUT2D eigenvalue weighted by Crippen LogP contribution is 2.32. The van der Waals surface area contributed by atoms with E-state index in [1.807, 2.05) is 23.6 Å². The number of nitrogens with zero attached hydrogens (tertiary/aromatic N) is 3. The van der Waals surface area contributed by atoms with Crippen LogP contribution in [0, 0.1) is 0 Å². The molecule has 0 saturated heterocycles. The molecule has 0 unspecified atom stereocenters. The van der Waals surface area contributed by atoms with Crippen molar-refractivity contribution in [1.82, 2.24) is 15.0 Å². The van der Waals surface area contributed by atoms with Crippen LogP contribution in [0.4, 0.5) is 11.5 Å². The van der Waals surface area contributed by atoms with E-state index >= 15 is 0 Å². The lowest BCUT2D eigenvalue weighted by atomic mass is 10.2. The molecule has 1 aromatic carbocycles. The third-order valence-electron chi connectivity index (χ3n) is 3.87. The smallest absolute Gasteiger partial charge is 0.350 e. The van der Waals surface area contributed by atoms with Gasteiger partial charge in [-0.1, -0.05) is 11.6 Å². The van der Waals surface area contributed by atoms with E-state index in [2.05, 4.69) is 20.3 Å². The molecule has 0 aliphatic rings. The van der Waals surface area contributed by atoms with Crippen molar-refractivity contribution in [2.75, 3.05) is 12.4 Å².